The highest BCUT2D eigenvalue weighted by molar-refractivity contribution is 6.12. The van der Waals surface area contributed by atoms with Gasteiger partial charge in [0.1, 0.15) is 54.2 Å². The van der Waals surface area contributed by atoms with Crippen LogP contribution in [0.4, 0.5) is 4.79 Å². The lowest BCUT2D eigenvalue weighted by Crippen LogP contribution is -2.43. The third-order valence-electron chi connectivity index (χ3n) is 18.2. The lowest BCUT2D eigenvalue weighted by molar-refractivity contribution is -0.141. The van der Waals surface area contributed by atoms with Crippen LogP contribution in [0.1, 0.15) is 66.3 Å². The minimum Gasteiger partial charge on any atom is -0.493 e. The summed E-state index contributed by atoms with van der Waals surface area (Å²) in [5.41, 5.74) is 10.6. The van der Waals surface area contributed by atoms with Gasteiger partial charge in [-0.25, -0.2) is 19.7 Å². The molecular formula is C82H77N5O13. The molecule has 1 aliphatic heterocycles. The first-order valence-corrected chi connectivity index (χ1v) is 33.5. The van der Waals surface area contributed by atoms with Gasteiger partial charge in [0.2, 0.25) is 17.7 Å². The molecule has 0 saturated carbocycles. The number of methoxy groups -OCH3 is 2. The summed E-state index contributed by atoms with van der Waals surface area (Å²) in [6.45, 7) is 9.79. The number of hydrogen-bond acceptors (Lipinski definition) is 14. The first-order chi connectivity index (χ1) is 48.8. The number of para-hydroxylation sites is 2. The molecular weight excluding hydrogens is 1260 g/mol. The summed E-state index contributed by atoms with van der Waals surface area (Å²) in [5.74, 6) is 4.54. The Bertz CT molecular complexity index is 5040. The van der Waals surface area contributed by atoms with E-state index < -0.39 is 23.9 Å². The third-order valence-corrected chi connectivity index (χ3v) is 18.2. The summed E-state index contributed by atoms with van der Waals surface area (Å²) >= 11 is 0. The van der Waals surface area contributed by atoms with E-state index in [1.165, 1.54) is 4.90 Å². The number of oxazole rings is 2. The van der Waals surface area contributed by atoms with E-state index in [2.05, 4.69) is 55.5 Å². The van der Waals surface area contributed by atoms with Crippen molar-refractivity contribution in [2.45, 2.75) is 79.3 Å². The average molecular weight is 1340 g/mol. The van der Waals surface area contributed by atoms with Gasteiger partial charge in [0.15, 0.2) is 23.0 Å². The van der Waals surface area contributed by atoms with Crippen molar-refractivity contribution in [1.29, 1.82) is 0 Å². The number of fused-ring (bicyclic) bond motifs is 6. The number of imide groups is 1. The number of benzene rings is 9. The van der Waals surface area contributed by atoms with Gasteiger partial charge in [-0.05, 0) is 135 Å². The standard InChI is InChI=1S/C46H43N3O7.C36H34N2O6/c1-30(45(50)49-35(28-55-46(49)51)25-32-13-6-4-7-14-32)23-24-53-41-20-12-19-39-43(41)36-17-10-11-18-38(36)48(39)27-33-21-22-40(42(26-33)52-3)54-29-37-31(2)56-44(47-37)34-15-8-5-9-16-34;1-23(36(39)40)18-19-42-32-15-9-14-30-34(32)27-12-7-8-13-29(27)38(30)21-25-16-17-31(33(20-25)41-3)43-22-28-24(2)44-35(37-28)26-10-5-4-6-11-26/h4-22,26,30,35H,23-25,27-29H2,1-3H3;4-17,20,23H,18-19,21-22H2,1-3H3,(H,39,40)/t30?,35-;/m0./s1. The van der Waals surface area contributed by atoms with Gasteiger partial charge in [-0.15, -0.1) is 0 Å². The minimum atomic E-state index is -0.819. The molecule has 18 heteroatoms. The van der Waals surface area contributed by atoms with Crippen LogP contribution in [0, 0.1) is 25.7 Å². The van der Waals surface area contributed by atoms with Crippen LogP contribution >= 0.6 is 0 Å². The van der Waals surface area contributed by atoms with E-state index in [0.29, 0.717) is 91.9 Å². The largest absolute Gasteiger partial charge is 0.493 e. The Morgan fingerprint density at radius 3 is 1.41 bits per heavy atom. The fourth-order valence-corrected chi connectivity index (χ4v) is 12.7. The zero-order valence-electron chi connectivity index (χ0n) is 56.6. The Balaban J connectivity index is 0.000000185. The second kappa shape index (κ2) is 30.3. The smallest absolute Gasteiger partial charge is 0.416 e. The molecule has 0 radical (unpaired) electrons. The van der Waals surface area contributed by atoms with E-state index in [0.717, 1.165) is 94.3 Å². The normalized spacial score (nSPS) is 13.4. The van der Waals surface area contributed by atoms with Crippen molar-refractivity contribution in [2.24, 2.45) is 11.8 Å². The second-order valence-electron chi connectivity index (χ2n) is 24.9. The quantitative estimate of drug-likeness (QED) is 0.0536. The molecule has 100 heavy (non-hydrogen) atoms. The van der Waals surface area contributed by atoms with Crippen molar-refractivity contribution in [3.8, 4) is 57.4 Å². The van der Waals surface area contributed by atoms with Crippen LogP contribution in [-0.2, 0) is 47.1 Å². The van der Waals surface area contributed by atoms with Gasteiger partial charge in [-0.3, -0.25) is 9.59 Å². The molecule has 13 aromatic rings. The Labute approximate surface area is 578 Å². The lowest BCUT2D eigenvalue weighted by atomic mass is 10.0. The molecule has 1 fully saturated rings. The molecule has 3 atom stereocenters. The van der Waals surface area contributed by atoms with E-state index in [1.54, 1.807) is 21.1 Å². The number of carboxylic acids is 1. The molecule has 4 aromatic heterocycles. The van der Waals surface area contributed by atoms with E-state index in [1.807, 2.05) is 197 Å². The van der Waals surface area contributed by atoms with Gasteiger partial charge in [-0.2, -0.15) is 0 Å². The number of carbonyl (C=O) groups is 3. The van der Waals surface area contributed by atoms with Gasteiger partial charge in [0, 0.05) is 62.7 Å². The average Bonchev–Trinajstić information content (AvgIpc) is 1.60. The number of cyclic esters (lactones) is 1. The van der Waals surface area contributed by atoms with Crippen molar-refractivity contribution >= 4 is 61.6 Å². The Hall–Kier alpha value is -11.8. The van der Waals surface area contributed by atoms with E-state index in [4.69, 9.17) is 42.0 Å². The molecule has 14 rings (SSSR count). The molecule has 1 saturated heterocycles. The molecule has 1 N–H and O–H groups in total. The summed E-state index contributed by atoms with van der Waals surface area (Å²) in [6, 6.07) is 69.6. The number of aromatic nitrogens is 4. The maximum absolute atomic E-state index is 13.5. The van der Waals surface area contributed by atoms with Crippen LogP contribution in [0.2, 0.25) is 0 Å². The predicted octanol–water partition coefficient (Wildman–Crippen LogP) is 17.3. The molecule has 0 aliphatic carbocycles. The molecule has 0 bridgehead atoms. The number of aryl methyl sites for hydroxylation is 2. The van der Waals surface area contributed by atoms with Crippen LogP contribution in [0.15, 0.2) is 221 Å². The second-order valence-corrected chi connectivity index (χ2v) is 24.9. The van der Waals surface area contributed by atoms with Crippen molar-refractivity contribution in [3.05, 3.63) is 252 Å². The number of aliphatic carboxylic acids is 1. The Kier molecular flexibility index (Phi) is 20.3. The minimum absolute atomic E-state index is 0.194. The van der Waals surface area contributed by atoms with Crippen LogP contribution in [0.3, 0.4) is 0 Å². The van der Waals surface area contributed by atoms with Crippen molar-refractivity contribution < 1.29 is 61.5 Å². The van der Waals surface area contributed by atoms with Gasteiger partial charge < -0.3 is 56.2 Å². The molecule has 1 aliphatic rings. The zero-order chi connectivity index (χ0) is 69.2. The molecule has 2 unspecified atom stereocenters. The molecule has 2 amide bonds. The fourth-order valence-electron chi connectivity index (χ4n) is 12.7. The first kappa shape index (κ1) is 66.8. The molecule has 9 aromatic carbocycles. The van der Waals surface area contributed by atoms with Gasteiger partial charge >= 0.3 is 12.1 Å². The number of nitrogens with zero attached hydrogens (tertiary/aromatic N) is 5. The number of ether oxygens (including phenoxy) is 7. The highest BCUT2D eigenvalue weighted by atomic mass is 16.6. The van der Waals surface area contributed by atoms with Gasteiger partial charge in [0.05, 0.1) is 50.4 Å². The fraction of sp³-hybridized carbons (Fsp3) is 0.232. The summed E-state index contributed by atoms with van der Waals surface area (Å²) in [5, 5.41) is 13.4. The van der Waals surface area contributed by atoms with Crippen LogP contribution in [0.5, 0.6) is 34.5 Å². The predicted molar refractivity (Wildman–Crippen MR) is 383 cm³/mol. The summed E-state index contributed by atoms with van der Waals surface area (Å²) < 4.78 is 58.1. The highest BCUT2D eigenvalue weighted by Gasteiger charge is 2.40. The monoisotopic (exact) mass is 1340 g/mol. The molecule has 5 heterocycles. The first-order valence-electron chi connectivity index (χ1n) is 33.5. The van der Waals surface area contributed by atoms with Crippen molar-refractivity contribution in [3.63, 3.8) is 0 Å². The third kappa shape index (κ3) is 14.6. The molecule has 508 valence electrons. The van der Waals surface area contributed by atoms with E-state index >= 15 is 0 Å². The number of carboxylic acid groups (broad SMARTS) is 1. The maximum atomic E-state index is 13.5. The lowest BCUT2D eigenvalue weighted by Gasteiger charge is -2.23. The van der Waals surface area contributed by atoms with E-state index in [-0.39, 0.29) is 31.8 Å². The van der Waals surface area contributed by atoms with Crippen LogP contribution in [0.25, 0.3) is 66.5 Å². The number of rotatable bonds is 26. The van der Waals surface area contributed by atoms with Gasteiger partial charge in [0.25, 0.3) is 0 Å². The van der Waals surface area contributed by atoms with Crippen molar-refractivity contribution in [2.75, 3.05) is 34.0 Å². The zero-order valence-corrected chi connectivity index (χ0v) is 56.6. The topological polar surface area (TPSA) is 201 Å². The summed E-state index contributed by atoms with van der Waals surface area (Å²) in [6.07, 6.45) is 0.843. The Morgan fingerprint density at radius 1 is 0.500 bits per heavy atom. The van der Waals surface area contributed by atoms with Gasteiger partial charge in [-0.1, -0.05) is 141 Å². The number of hydrogen-bond donors (Lipinski definition) is 1. The number of amides is 2. The summed E-state index contributed by atoms with van der Waals surface area (Å²) in [4.78, 5) is 48.0. The SMILES string of the molecule is COc1cc(Cn2c3ccccc3c3c(OCCC(C)C(=O)N4C(=O)OC[C@@H]4Cc4ccccc4)cccc32)ccc1OCc1nc(-c2ccccc2)oc1C.COc1cc(Cn2c3ccccc3c3c(OCCC(C)C(=O)O)cccc32)ccc1OCc1nc(-c2ccccc2)oc1C. The van der Waals surface area contributed by atoms with E-state index in [9.17, 15) is 19.5 Å². The summed E-state index contributed by atoms with van der Waals surface area (Å²) in [7, 11) is 3.27. The molecule has 18 nitrogen and oxygen atoms in total. The Morgan fingerprint density at radius 2 is 0.940 bits per heavy atom. The maximum Gasteiger partial charge on any atom is 0.416 e. The highest BCUT2D eigenvalue weighted by Crippen LogP contribution is 2.40. The van der Waals surface area contributed by atoms with Crippen molar-refractivity contribution in [1.82, 2.24) is 24.0 Å². The molecule has 0 spiro atoms. The number of carbonyl (C=O) groups excluding carboxylic acids is 2. The van der Waals surface area contributed by atoms with Crippen LogP contribution < -0.4 is 28.4 Å². The van der Waals surface area contributed by atoms with Crippen LogP contribution in [-0.4, -0.2) is 87.2 Å².